The molecule has 1 aliphatic carbocycles. The Morgan fingerprint density at radius 2 is 1.61 bits per heavy atom. The van der Waals surface area contributed by atoms with Gasteiger partial charge in [-0.3, -0.25) is 14.4 Å². The molecule has 1 unspecified atom stereocenters. The normalized spacial score (nSPS) is 20.0. The van der Waals surface area contributed by atoms with Gasteiger partial charge in [0.1, 0.15) is 11.1 Å². The van der Waals surface area contributed by atoms with Crippen molar-refractivity contribution < 1.29 is 14.7 Å². The number of aliphatic hydroxyl groups is 1. The number of nitrogens with one attached hydrogen (secondary N) is 1. The van der Waals surface area contributed by atoms with Crippen LogP contribution in [0.2, 0.25) is 0 Å². The minimum absolute atomic E-state index is 0.0274. The first-order valence-corrected chi connectivity index (χ1v) is 11.9. The zero-order valence-corrected chi connectivity index (χ0v) is 19.0. The minimum atomic E-state index is -0.914. The predicted molar refractivity (Wildman–Crippen MR) is 120 cm³/mol. The summed E-state index contributed by atoms with van der Waals surface area (Å²) in [7, 11) is 0. The van der Waals surface area contributed by atoms with E-state index in [0.717, 1.165) is 51.4 Å². The van der Waals surface area contributed by atoms with Crippen LogP contribution in [0.4, 0.5) is 0 Å². The fourth-order valence-electron chi connectivity index (χ4n) is 4.55. The van der Waals surface area contributed by atoms with Gasteiger partial charge in [0.15, 0.2) is 0 Å². The van der Waals surface area contributed by atoms with Gasteiger partial charge in [-0.25, -0.2) is 0 Å². The van der Waals surface area contributed by atoms with Crippen LogP contribution in [-0.4, -0.2) is 51.6 Å². The SMILES string of the molecule is CCC(C)n1cc(C(=O)NCC2(O)CCCCC2)c(=O)c(C(=O)N2CCCCCC2)c1. The van der Waals surface area contributed by atoms with E-state index in [0.29, 0.717) is 25.9 Å². The number of rotatable bonds is 6. The molecule has 1 aromatic heterocycles. The van der Waals surface area contributed by atoms with Gasteiger partial charge in [0.05, 0.1) is 5.60 Å². The van der Waals surface area contributed by atoms with Gasteiger partial charge in [-0.05, 0) is 39.0 Å². The Morgan fingerprint density at radius 1 is 1.03 bits per heavy atom. The molecule has 7 nitrogen and oxygen atoms in total. The zero-order chi connectivity index (χ0) is 22.4. The van der Waals surface area contributed by atoms with Crippen LogP contribution in [0.15, 0.2) is 17.2 Å². The zero-order valence-electron chi connectivity index (χ0n) is 19.0. The summed E-state index contributed by atoms with van der Waals surface area (Å²) in [6, 6.07) is 0.0466. The van der Waals surface area contributed by atoms with E-state index in [2.05, 4.69) is 5.32 Å². The molecule has 7 heteroatoms. The Balaban J connectivity index is 1.87. The van der Waals surface area contributed by atoms with Crippen LogP contribution >= 0.6 is 0 Å². The van der Waals surface area contributed by atoms with E-state index in [9.17, 15) is 19.5 Å². The molecule has 31 heavy (non-hydrogen) atoms. The van der Waals surface area contributed by atoms with Crippen molar-refractivity contribution in [2.24, 2.45) is 0 Å². The van der Waals surface area contributed by atoms with Gasteiger partial charge in [-0.2, -0.15) is 0 Å². The number of carbonyl (C=O) groups excluding carboxylic acids is 2. The molecule has 1 aromatic rings. The van der Waals surface area contributed by atoms with Gasteiger partial charge in [0.2, 0.25) is 5.43 Å². The lowest BCUT2D eigenvalue weighted by Gasteiger charge is -2.32. The van der Waals surface area contributed by atoms with E-state index >= 15 is 0 Å². The van der Waals surface area contributed by atoms with Gasteiger partial charge in [0.25, 0.3) is 11.8 Å². The second kappa shape index (κ2) is 10.4. The fraction of sp³-hybridized carbons (Fsp3) is 0.708. The molecule has 0 bridgehead atoms. The Morgan fingerprint density at radius 3 is 2.23 bits per heavy atom. The third-order valence-corrected chi connectivity index (χ3v) is 6.88. The number of pyridine rings is 1. The van der Waals surface area contributed by atoms with E-state index in [-0.39, 0.29) is 29.6 Å². The molecule has 0 aromatic carbocycles. The summed E-state index contributed by atoms with van der Waals surface area (Å²) in [5.74, 6) is -0.809. The molecule has 2 amide bonds. The Bertz CT molecular complexity index is 834. The van der Waals surface area contributed by atoms with Crippen molar-refractivity contribution >= 4 is 11.8 Å². The number of nitrogens with zero attached hydrogens (tertiary/aromatic N) is 2. The molecule has 2 heterocycles. The van der Waals surface area contributed by atoms with Crippen molar-refractivity contribution in [3.05, 3.63) is 33.7 Å². The monoisotopic (exact) mass is 431 g/mol. The average molecular weight is 432 g/mol. The van der Waals surface area contributed by atoms with Gasteiger partial charge in [-0.1, -0.05) is 39.0 Å². The molecule has 1 saturated carbocycles. The minimum Gasteiger partial charge on any atom is -0.388 e. The van der Waals surface area contributed by atoms with Gasteiger partial charge >= 0.3 is 0 Å². The topological polar surface area (TPSA) is 91.6 Å². The van der Waals surface area contributed by atoms with E-state index in [1.165, 1.54) is 0 Å². The Kier molecular flexibility index (Phi) is 7.92. The largest absolute Gasteiger partial charge is 0.388 e. The molecular weight excluding hydrogens is 394 g/mol. The van der Waals surface area contributed by atoms with Crippen LogP contribution in [0.1, 0.15) is 105 Å². The molecule has 0 radical (unpaired) electrons. The fourth-order valence-corrected chi connectivity index (χ4v) is 4.55. The lowest BCUT2D eigenvalue weighted by molar-refractivity contribution is 0.00523. The summed E-state index contributed by atoms with van der Waals surface area (Å²) in [6.45, 7) is 5.43. The van der Waals surface area contributed by atoms with E-state index in [4.69, 9.17) is 0 Å². The maximum absolute atomic E-state index is 13.2. The molecule has 1 aliphatic heterocycles. The highest BCUT2D eigenvalue weighted by Gasteiger charge is 2.30. The first kappa shape index (κ1) is 23.5. The molecule has 3 rings (SSSR count). The highest BCUT2D eigenvalue weighted by atomic mass is 16.3. The smallest absolute Gasteiger partial charge is 0.259 e. The van der Waals surface area contributed by atoms with Crippen molar-refractivity contribution in [2.75, 3.05) is 19.6 Å². The lowest BCUT2D eigenvalue weighted by atomic mass is 9.85. The van der Waals surface area contributed by atoms with Crippen LogP contribution in [0, 0.1) is 0 Å². The van der Waals surface area contributed by atoms with Crippen molar-refractivity contribution in [1.82, 2.24) is 14.8 Å². The maximum atomic E-state index is 13.2. The second-order valence-electron chi connectivity index (χ2n) is 9.29. The maximum Gasteiger partial charge on any atom is 0.259 e. The predicted octanol–water partition coefficient (Wildman–Crippen LogP) is 3.26. The molecular formula is C24H37N3O4. The Labute approximate surface area is 184 Å². The van der Waals surface area contributed by atoms with E-state index < -0.39 is 16.9 Å². The summed E-state index contributed by atoms with van der Waals surface area (Å²) >= 11 is 0. The highest BCUT2D eigenvalue weighted by Crippen LogP contribution is 2.27. The van der Waals surface area contributed by atoms with Crippen LogP contribution in [0.25, 0.3) is 0 Å². The third-order valence-electron chi connectivity index (χ3n) is 6.88. The second-order valence-corrected chi connectivity index (χ2v) is 9.29. The van der Waals surface area contributed by atoms with Crippen molar-refractivity contribution in [3.63, 3.8) is 0 Å². The van der Waals surface area contributed by atoms with Crippen molar-refractivity contribution in [2.45, 2.75) is 89.7 Å². The summed E-state index contributed by atoms with van der Waals surface area (Å²) in [6.07, 6.45) is 12.3. The summed E-state index contributed by atoms with van der Waals surface area (Å²) in [4.78, 5) is 41.1. The molecule has 2 aliphatic rings. The third kappa shape index (κ3) is 5.76. The number of likely N-dealkylation sites (tertiary alicyclic amines) is 1. The number of aromatic nitrogens is 1. The standard InChI is InChI=1S/C24H37N3O4/c1-3-18(2)27-15-19(22(29)25-17-24(31)11-7-6-8-12-24)21(28)20(16-27)23(30)26-13-9-4-5-10-14-26/h15-16,18,31H,3-14,17H2,1-2H3,(H,25,29). The van der Waals surface area contributed by atoms with Crippen molar-refractivity contribution in [1.29, 1.82) is 0 Å². The number of hydrogen-bond donors (Lipinski definition) is 2. The Hall–Kier alpha value is -2.15. The number of carbonyl (C=O) groups is 2. The van der Waals surface area contributed by atoms with Gasteiger partial charge in [-0.15, -0.1) is 0 Å². The van der Waals surface area contributed by atoms with Gasteiger partial charge < -0.3 is 19.9 Å². The molecule has 172 valence electrons. The van der Waals surface area contributed by atoms with Crippen LogP contribution in [0.5, 0.6) is 0 Å². The summed E-state index contributed by atoms with van der Waals surface area (Å²) < 4.78 is 1.80. The van der Waals surface area contributed by atoms with Crippen LogP contribution < -0.4 is 10.7 Å². The van der Waals surface area contributed by atoms with E-state index in [1.54, 1.807) is 21.9 Å². The lowest BCUT2D eigenvalue weighted by Crippen LogP contribution is -2.45. The molecule has 1 saturated heterocycles. The van der Waals surface area contributed by atoms with Crippen LogP contribution in [-0.2, 0) is 0 Å². The molecule has 2 fully saturated rings. The quantitative estimate of drug-likeness (QED) is 0.723. The van der Waals surface area contributed by atoms with E-state index in [1.807, 2.05) is 13.8 Å². The molecule has 2 N–H and O–H groups in total. The number of hydrogen-bond acceptors (Lipinski definition) is 4. The van der Waals surface area contributed by atoms with Crippen LogP contribution in [0.3, 0.4) is 0 Å². The number of amides is 2. The first-order valence-electron chi connectivity index (χ1n) is 11.9. The molecule has 1 atom stereocenters. The summed E-state index contributed by atoms with van der Waals surface area (Å²) in [5, 5.41) is 13.5. The van der Waals surface area contributed by atoms with Crippen molar-refractivity contribution in [3.8, 4) is 0 Å². The van der Waals surface area contributed by atoms with Gasteiger partial charge in [0, 0.05) is 38.1 Å². The first-order chi connectivity index (χ1) is 14.8. The molecule has 0 spiro atoms. The summed E-state index contributed by atoms with van der Waals surface area (Å²) in [5.41, 5.74) is -1.41. The average Bonchev–Trinajstić information content (AvgIpc) is 3.07. The highest BCUT2D eigenvalue weighted by molar-refractivity contribution is 5.99.